The molecule has 0 radical (unpaired) electrons. The highest BCUT2D eigenvalue weighted by Crippen LogP contribution is 2.28. The molecule has 2 rings (SSSR count). The topological polar surface area (TPSA) is 20.7 Å². The summed E-state index contributed by atoms with van der Waals surface area (Å²) in [4.78, 5) is 0. The molecule has 0 amide bonds. The third-order valence-corrected chi connectivity index (χ3v) is 3.57. The summed E-state index contributed by atoms with van der Waals surface area (Å²) >= 11 is 5.40. The summed E-state index contributed by atoms with van der Waals surface area (Å²) in [6, 6.07) is 2.77. The van der Waals surface area contributed by atoms with Gasteiger partial charge in [-0.3, -0.25) is 4.68 Å². The van der Waals surface area contributed by atoms with E-state index in [4.69, 9.17) is 12.2 Å². The molecule has 3 heteroatoms. The van der Waals surface area contributed by atoms with Crippen LogP contribution in [0.4, 0.5) is 0 Å². The van der Waals surface area contributed by atoms with Crippen LogP contribution in [0.2, 0.25) is 0 Å². The molecule has 1 fully saturated rings. The van der Waals surface area contributed by atoms with Crippen molar-refractivity contribution in [1.82, 2.24) is 9.78 Å². The molecule has 15 heavy (non-hydrogen) atoms. The Morgan fingerprint density at radius 3 is 2.80 bits per heavy atom. The number of aromatic amines is 1. The summed E-state index contributed by atoms with van der Waals surface area (Å²) in [5, 5.41) is 3.46. The van der Waals surface area contributed by atoms with E-state index in [2.05, 4.69) is 22.8 Å². The van der Waals surface area contributed by atoms with Gasteiger partial charge in [-0.25, -0.2) is 0 Å². The van der Waals surface area contributed by atoms with Crippen molar-refractivity contribution in [1.29, 1.82) is 0 Å². The van der Waals surface area contributed by atoms with Crippen molar-refractivity contribution < 1.29 is 0 Å². The number of hydrogen-bond acceptors (Lipinski definition) is 1. The molecule has 1 N–H and O–H groups in total. The highest BCUT2D eigenvalue weighted by atomic mass is 32.1. The van der Waals surface area contributed by atoms with Crippen molar-refractivity contribution in [2.45, 2.75) is 57.9 Å². The summed E-state index contributed by atoms with van der Waals surface area (Å²) in [6.07, 6.45) is 8.99. The molecule has 0 saturated heterocycles. The van der Waals surface area contributed by atoms with Crippen LogP contribution in [0.5, 0.6) is 0 Å². The van der Waals surface area contributed by atoms with Crippen LogP contribution in [0, 0.1) is 4.64 Å². The summed E-state index contributed by atoms with van der Waals surface area (Å²) in [5.41, 5.74) is 1.30. The first-order chi connectivity index (χ1) is 7.31. The smallest absolute Gasteiger partial charge is 0.122 e. The van der Waals surface area contributed by atoms with Gasteiger partial charge in [0.2, 0.25) is 0 Å². The largest absolute Gasteiger partial charge is 0.301 e. The third-order valence-electron chi connectivity index (χ3n) is 3.26. The number of nitrogens with one attached hydrogen (secondary N) is 1. The zero-order chi connectivity index (χ0) is 10.7. The lowest BCUT2D eigenvalue weighted by molar-refractivity contribution is 0.325. The van der Waals surface area contributed by atoms with E-state index in [1.54, 1.807) is 0 Å². The fourth-order valence-corrected chi connectivity index (χ4v) is 2.81. The quantitative estimate of drug-likeness (QED) is 0.770. The van der Waals surface area contributed by atoms with Gasteiger partial charge in [-0.1, -0.05) is 44.8 Å². The van der Waals surface area contributed by atoms with Crippen LogP contribution < -0.4 is 0 Å². The summed E-state index contributed by atoms with van der Waals surface area (Å²) in [7, 11) is 0. The minimum absolute atomic E-state index is 0.636. The Hall–Kier alpha value is -0.570. The van der Waals surface area contributed by atoms with Gasteiger partial charge in [0.05, 0.1) is 6.04 Å². The normalized spacial score (nSPS) is 18.2. The Balaban J connectivity index is 2.15. The first-order valence-corrected chi connectivity index (χ1v) is 6.52. The molecule has 0 bridgehead atoms. The van der Waals surface area contributed by atoms with E-state index >= 15 is 0 Å². The second kappa shape index (κ2) is 4.97. The fraction of sp³-hybridized carbons (Fsp3) is 0.750. The van der Waals surface area contributed by atoms with Crippen molar-refractivity contribution in [2.24, 2.45) is 0 Å². The van der Waals surface area contributed by atoms with E-state index in [9.17, 15) is 0 Å². The maximum Gasteiger partial charge on any atom is 0.122 e. The Morgan fingerprint density at radius 2 is 2.13 bits per heavy atom. The molecule has 0 spiro atoms. The van der Waals surface area contributed by atoms with Gasteiger partial charge in [-0.05, 0) is 25.3 Å². The van der Waals surface area contributed by atoms with Crippen LogP contribution in [-0.2, 0) is 6.42 Å². The van der Waals surface area contributed by atoms with Gasteiger partial charge >= 0.3 is 0 Å². The minimum Gasteiger partial charge on any atom is -0.301 e. The Kier molecular flexibility index (Phi) is 3.62. The Labute approximate surface area is 96.7 Å². The average Bonchev–Trinajstić information content (AvgIpc) is 2.61. The summed E-state index contributed by atoms with van der Waals surface area (Å²) in [6.45, 7) is 2.20. The maximum absolute atomic E-state index is 5.40. The fourth-order valence-electron chi connectivity index (χ4n) is 2.47. The van der Waals surface area contributed by atoms with E-state index in [0.29, 0.717) is 6.04 Å². The first-order valence-electron chi connectivity index (χ1n) is 6.11. The van der Waals surface area contributed by atoms with Crippen LogP contribution in [0.15, 0.2) is 6.07 Å². The molecule has 0 aliphatic heterocycles. The molecule has 1 saturated carbocycles. The predicted molar refractivity (Wildman–Crippen MR) is 65.7 cm³/mol. The van der Waals surface area contributed by atoms with Crippen LogP contribution in [-0.4, -0.2) is 9.78 Å². The molecule has 1 heterocycles. The van der Waals surface area contributed by atoms with Crippen molar-refractivity contribution in [3.8, 4) is 0 Å². The molecule has 1 aromatic rings. The zero-order valence-corrected chi connectivity index (χ0v) is 10.3. The molecule has 2 nitrogen and oxygen atoms in total. The molecule has 0 atom stereocenters. The van der Waals surface area contributed by atoms with Gasteiger partial charge in [0.25, 0.3) is 0 Å². The van der Waals surface area contributed by atoms with Gasteiger partial charge in [-0.2, -0.15) is 0 Å². The number of H-pyrrole nitrogens is 1. The highest BCUT2D eigenvalue weighted by molar-refractivity contribution is 7.71. The molecular formula is C12H20N2S. The van der Waals surface area contributed by atoms with E-state index in [1.165, 1.54) is 44.2 Å². The molecule has 1 aliphatic carbocycles. The molecule has 84 valence electrons. The molecule has 1 aliphatic rings. The second-order valence-corrected chi connectivity index (χ2v) is 4.95. The van der Waals surface area contributed by atoms with Gasteiger partial charge < -0.3 is 5.10 Å². The zero-order valence-electron chi connectivity index (χ0n) is 9.46. The second-order valence-electron chi connectivity index (χ2n) is 4.53. The van der Waals surface area contributed by atoms with Crippen molar-refractivity contribution in [3.05, 3.63) is 16.4 Å². The van der Waals surface area contributed by atoms with Gasteiger partial charge in [-0.15, -0.1) is 0 Å². The van der Waals surface area contributed by atoms with Crippen molar-refractivity contribution in [2.75, 3.05) is 0 Å². The number of aryl methyl sites for hydroxylation is 1. The molecule has 1 aromatic heterocycles. The lowest BCUT2D eigenvalue weighted by Gasteiger charge is -2.22. The van der Waals surface area contributed by atoms with E-state index in [1.807, 2.05) is 0 Å². The number of nitrogens with zero attached hydrogens (tertiary/aromatic N) is 1. The highest BCUT2D eigenvalue weighted by Gasteiger charge is 2.16. The maximum atomic E-state index is 5.40. The number of rotatable bonds is 3. The molecule has 0 aromatic carbocycles. The van der Waals surface area contributed by atoms with E-state index in [0.717, 1.165) is 11.1 Å². The summed E-state index contributed by atoms with van der Waals surface area (Å²) in [5.74, 6) is 0. The Morgan fingerprint density at radius 1 is 1.40 bits per heavy atom. The standard InChI is InChI=1S/C12H20N2S/c1-2-6-10-9-12(15)14(13-10)11-7-4-3-5-8-11/h9,11,13H,2-8H2,1H3. The Bertz CT molecular complexity index is 358. The monoisotopic (exact) mass is 224 g/mol. The first kappa shape index (κ1) is 10.9. The van der Waals surface area contributed by atoms with Gasteiger partial charge in [0.15, 0.2) is 0 Å². The van der Waals surface area contributed by atoms with E-state index < -0.39 is 0 Å². The van der Waals surface area contributed by atoms with E-state index in [-0.39, 0.29) is 0 Å². The average molecular weight is 224 g/mol. The minimum atomic E-state index is 0.636. The number of aromatic nitrogens is 2. The predicted octanol–water partition coefficient (Wildman–Crippen LogP) is 4.00. The van der Waals surface area contributed by atoms with Crippen molar-refractivity contribution in [3.63, 3.8) is 0 Å². The van der Waals surface area contributed by atoms with Crippen molar-refractivity contribution >= 4 is 12.2 Å². The van der Waals surface area contributed by atoms with Gasteiger partial charge in [0, 0.05) is 5.69 Å². The molecular weight excluding hydrogens is 204 g/mol. The molecule has 0 unspecified atom stereocenters. The lowest BCUT2D eigenvalue weighted by atomic mass is 9.96. The van der Waals surface area contributed by atoms with Crippen LogP contribution >= 0.6 is 12.2 Å². The SMILES string of the molecule is CCCc1cc(=S)n(C2CCCCC2)[nH]1. The summed E-state index contributed by atoms with van der Waals surface area (Å²) < 4.78 is 3.21. The van der Waals surface area contributed by atoms with Crippen LogP contribution in [0.25, 0.3) is 0 Å². The third kappa shape index (κ3) is 2.51. The van der Waals surface area contributed by atoms with Gasteiger partial charge in [0.1, 0.15) is 4.64 Å². The lowest BCUT2D eigenvalue weighted by Crippen LogP contribution is -2.14. The number of hydrogen-bond donors (Lipinski definition) is 1. The van der Waals surface area contributed by atoms with Crippen LogP contribution in [0.3, 0.4) is 0 Å². The van der Waals surface area contributed by atoms with Crippen LogP contribution in [0.1, 0.15) is 57.2 Å².